The maximum absolute atomic E-state index is 2.61. The smallest absolute Gasteiger partial charge is 0.0159 e. The van der Waals surface area contributed by atoms with Crippen LogP contribution in [0.4, 0.5) is 0 Å². The lowest BCUT2D eigenvalue weighted by Gasteiger charge is -2.25. The molecule has 0 aliphatic heterocycles. The molecule has 7 aliphatic rings. The van der Waals surface area contributed by atoms with Gasteiger partial charge in [-0.25, -0.2) is 0 Å². The highest BCUT2D eigenvalue weighted by molar-refractivity contribution is 6.35. The normalized spacial score (nSPS) is 13.6. The van der Waals surface area contributed by atoms with E-state index in [2.05, 4.69) is 464 Å². The van der Waals surface area contributed by atoms with Crippen LogP contribution in [-0.2, 0) is 10.8 Å². The molecule has 0 saturated carbocycles. The van der Waals surface area contributed by atoms with Crippen LogP contribution in [0, 0.1) is 0 Å². The lowest BCUT2D eigenvalue weighted by Crippen LogP contribution is -2.14. The Kier molecular flexibility index (Phi) is 15.1. The van der Waals surface area contributed by atoms with Crippen LogP contribution in [0.2, 0.25) is 0 Å². The van der Waals surface area contributed by atoms with E-state index in [-0.39, 0.29) is 10.8 Å². The number of fused-ring (bicyclic) bond motifs is 25. The zero-order valence-electron chi connectivity index (χ0n) is 78.6. The van der Waals surface area contributed by atoms with Gasteiger partial charge >= 0.3 is 0 Å². The van der Waals surface area contributed by atoms with Gasteiger partial charge in [-0.3, -0.25) is 0 Å². The van der Waals surface area contributed by atoms with Gasteiger partial charge in [-0.05, 0) is 394 Å². The van der Waals surface area contributed by atoms with Gasteiger partial charge in [0.2, 0.25) is 0 Å². The molecule has 34 rings (SSSR count). The largest absolute Gasteiger partial charge is 0.0619 e. The summed E-state index contributed by atoms with van der Waals surface area (Å²) in [6.45, 7) is 9.70. The second kappa shape index (κ2) is 27.7. The van der Waals surface area contributed by atoms with Crippen LogP contribution >= 0.6 is 0 Å². The SMILES string of the molecule is CC1(C)c2ccccc2-c2cc3c(-c4ccc5c6c(cccc46)-c4ccccc4-5)c4ccc(-c5cc6cccc7ccc8cccc5c8c76)cc4c(-c4ccc5c6c(cccc46)-c4ccccc4-5)c3cc21.CC1(C)c2ccccc2-c2cc3c(-c4ccc5c6c(cccc46)-c4ccccc4-5)c4ccc(-c5ccc6c7c(cccc57)-c5ccccc5-6)cc4c(-c4ccc5c6c(cccc46)-c4ccccc4-5)c3cc21. The molecule has 0 atom stereocenters. The Morgan fingerprint density at radius 1 is 0.113 bits per heavy atom. The highest BCUT2D eigenvalue weighted by Crippen LogP contribution is 2.64. The van der Waals surface area contributed by atoms with Crippen molar-refractivity contribution in [3.63, 3.8) is 0 Å². The fraction of sp³-hybridized carbons (Fsp3) is 0.0423. The molecule has 0 bridgehead atoms. The van der Waals surface area contributed by atoms with E-state index in [0.29, 0.717) is 0 Å². The monoisotopic (exact) mass is 1790 g/mol. The zero-order valence-corrected chi connectivity index (χ0v) is 78.6. The Morgan fingerprint density at radius 2 is 0.352 bits per heavy atom. The average molecular weight is 1790 g/mol. The third kappa shape index (κ3) is 9.95. The van der Waals surface area contributed by atoms with E-state index >= 15 is 0 Å². The highest BCUT2D eigenvalue weighted by Gasteiger charge is 2.41. The number of rotatable bonds is 6. The maximum atomic E-state index is 2.61. The molecule has 27 aromatic rings. The van der Waals surface area contributed by atoms with Crippen molar-refractivity contribution >= 4 is 129 Å². The first-order chi connectivity index (χ1) is 70.0. The molecule has 0 heterocycles. The van der Waals surface area contributed by atoms with E-state index in [9.17, 15) is 0 Å². The third-order valence-corrected chi connectivity index (χ3v) is 34.6. The van der Waals surface area contributed by atoms with Gasteiger partial charge in [-0.15, -0.1) is 0 Å². The lowest BCUT2D eigenvalue weighted by molar-refractivity contribution is 0.661. The molecule has 142 heavy (non-hydrogen) atoms. The van der Waals surface area contributed by atoms with Crippen LogP contribution < -0.4 is 0 Å². The van der Waals surface area contributed by atoms with Crippen molar-refractivity contribution in [1.29, 1.82) is 0 Å². The van der Waals surface area contributed by atoms with Gasteiger partial charge in [0.15, 0.2) is 0 Å². The van der Waals surface area contributed by atoms with Crippen molar-refractivity contribution in [2.45, 2.75) is 38.5 Å². The fourth-order valence-corrected chi connectivity index (χ4v) is 28.5. The summed E-state index contributed by atoms with van der Waals surface area (Å²) < 4.78 is 0. The van der Waals surface area contributed by atoms with E-state index < -0.39 is 0 Å². The van der Waals surface area contributed by atoms with Crippen LogP contribution in [-0.4, -0.2) is 0 Å². The summed E-state index contributed by atoms with van der Waals surface area (Å²) >= 11 is 0. The highest BCUT2D eigenvalue weighted by atomic mass is 14.4. The first kappa shape index (κ1) is 77.4. The van der Waals surface area contributed by atoms with Gasteiger partial charge in [-0.2, -0.15) is 0 Å². The van der Waals surface area contributed by atoms with Gasteiger partial charge in [0, 0.05) is 10.8 Å². The van der Waals surface area contributed by atoms with Crippen molar-refractivity contribution in [2.24, 2.45) is 0 Å². The Balaban J connectivity index is 0.000000125. The predicted molar refractivity (Wildman–Crippen MR) is 604 cm³/mol. The topological polar surface area (TPSA) is 0 Å². The summed E-state index contributed by atoms with van der Waals surface area (Å²) in [6, 6.07) is 168. The van der Waals surface area contributed by atoms with Gasteiger partial charge in [0.1, 0.15) is 0 Å². The summed E-state index contributed by atoms with van der Waals surface area (Å²) in [7, 11) is 0. The first-order valence-corrected chi connectivity index (χ1v) is 50.3. The molecule has 0 saturated heterocycles. The molecule has 0 nitrogen and oxygen atoms in total. The Bertz CT molecular complexity index is 10500. The minimum Gasteiger partial charge on any atom is -0.0619 e. The molecule has 0 radical (unpaired) electrons. The first-order valence-electron chi connectivity index (χ1n) is 50.3. The van der Waals surface area contributed by atoms with E-state index in [1.54, 1.807) is 0 Å². The van der Waals surface area contributed by atoms with Crippen molar-refractivity contribution in [3.05, 3.63) is 459 Å². The minimum atomic E-state index is -0.189. The van der Waals surface area contributed by atoms with E-state index in [1.807, 2.05) is 0 Å². The van der Waals surface area contributed by atoms with Crippen LogP contribution in [0.15, 0.2) is 437 Å². The molecule has 652 valence electrons. The second-order valence-electron chi connectivity index (χ2n) is 41.9. The van der Waals surface area contributed by atoms with Gasteiger partial charge < -0.3 is 0 Å². The molecule has 0 unspecified atom stereocenters. The van der Waals surface area contributed by atoms with E-state index in [1.165, 1.54) is 352 Å². The maximum Gasteiger partial charge on any atom is 0.0159 e. The van der Waals surface area contributed by atoms with Crippen molar-refractivity contribution in [1.82, 2.24) is 0 Å². The van der Waals surface area contributed by atoms with Crippen molar-refractivity contribution < 1.29 is 0 Å². The van der Waals surface area contributed by atoms with Crippen LogP contribution in [0.5, 0.6) is 0 Å². The van der Waals surface area contributed by atoms with E-state index in [4.69, 9.17) is 0 Å². The molecular formula is C142H84. The van der Waals surface area contributed by atoms with Crippen molar-refractivity contribution in [3.8, 4) is 200 Å². The Hall–Kier alpha value is -17.7. The third-order valence-electron chi connectivity index (χ3n) is 34.6. The van der Waals surface area contributed by atoms with Gasteiger partial charge in [0.05, 0.1) is 0 Å². The van der Waals surface area contributed by atoms with Gasteiger partial charge in [0.25, 0.3) is 0 Å². The minimum absolute atomic E-state index is 0.187. The molecule has 0 aromatic heterocycles. The summed E-state index contributed by atoms with van der Waals surface area (Å²) in [5.74, 6) is 0. The molecular weight excluding hydrogens is 1710 g/mol. The van der Waals surface area contributed by atoms with Crippen LogP contribution in [0.1, 0.15) is 49.9 Å². The number of hydrogen-bond acceptors (Lipinski definition) is 0. The molecule has 0 amide bonds. The summed E-state index contributed by atoms with van der Waals surface area (Å²) in [4.78, 5) is 0. The van der Waals surface area contributed by atoms with Crippen LogP contribution in [0.25, 0.3) is 330 Å². The summed E-state index contributed by atoms with van der Waals surface area (Å²) in [5.41, 5.74) is 52.2. The lowest BCUT2D eigenvalue weighted by atomic mass is 9.78. The number of hydrogen-bond donors (Lipinski definition) is 0. The van der Waals surface area contributed by atoms with E-state index in [0.717, 1.165) is 0 Å². The average Bonchev–Trinajstić information content (AvgIpc) is 1.44. The molecule has 27 aromatic carbocycles. The van der Waals surface area contributed by atoms with Crippen LogP contribution in [0.3, 0.4) is 0 Å². The molecule has 0 spiro atoms. The molecule has 7 aliphatic carbocycles. The standard InChI is InChI=1S/2C71H42/c1-71(2)64-27-10-9-20-47(64)60-37-62-63(38-65(60)71)70(58-35-33-56-46-19-8-5-16-43(46)51-24-13-26-53(58)68(51)56)61-36-39(40-30-31-54-44-17-6-3-14-41(44)49-22-11-21-48(40)66(49)54)28-29-59(61)69(62)57-34-32-55-45-18-7-4-15-42(45)50-23-12-25-52(57)67(50)55;1-71(2)63-26-8-7-20-47(63)59-37-61-62(38-64(59)71)70(56-34-32-54-46-19-6-4-17-44(46)49-23-12-25-51(56)68(49)54)60-35-41(58-36-42-15-9-13-39-27-28-40-14-10-21-52(58)66(40)65(39)42)29-30-57(60)69(61)55-33-31-53-45-18-5-3-16-43(45)48-22-11-24-50(55)67(48)53/h2*3-38H,1-2H3. The summed E-state index contributed by atoms with van der Waals surface area (Å²) in [5, 5.41) is 31.3. The summed E-state index contributed by atoms with van der Waals surface area (Å²) in [6.07, 6.45) is 0. The fourth-order valence-electron chi connectivity index (χ4n) is 28.5. The zero-order chi connectivity index (χ0) is 92.9. The Labute approximate surface area is 821 Å². The predicted octanol–water partition coefficient (Wildman–Crippen LogP) is 39.5. The second-order valence-corrected chi connectivity index (χ2v) is 41.9. The molecule has 0 heteroatoms. The van der Waals surface area contributed by atoms with Crippen molar-refractivity contribution in [2.75, 3.05) is 0 Å². The Morgan fingerprint density at radius 3 is 0.704 bits per heavy atom. The quantitative estimate of drug-likeness (QED) is 0.115. The number of benzene rings is 27. The molecule has 0 N–H and O–H groups in total. The van der Waals surface area contributed by atoms with Gasteiger partial charge in [-0.1, -0.05) is 422 Å². The molecule has 0 fully saturated rings.